The number of carbonyl (C=O) groups excluding carboxylic acids is 3. The Morgan fingerprint density at radius 2 is 1.59 bits per heavy atom. The van der Waals surface area contributed by atoms with Crippen molar-refractivity contribution < 1.29 is 23.9 Å². The molecule has 152 valence electrons. The quantitative estimate of drug-likeness (QED) is 0.538. The molecule has 2 aromatic carbocycles. The van der Waals surface area contributed by atoms with Crippen LogP contribution in [0.5, 0.6) is 11.5 Å². The number of benzene rings is 2. The number of ether oxygens (including phenoxy) is 2. The van der Waals surface area contributed by atoms with E-state index < -0.39 is 11.4 Å². The summed E-state index contributed by atoms with van der Waals surface area (Å²) in [6.45, 7) is 5.43. The number of hydrogen-bond acceptors (Lipinski definition) is 5. The minimum absolute atomic E-state index is 0.110. The summed E-state index contributed by atoms with van der Waals surface area (Å²) in [6, 6.07) is 10.8. The van der Waals surface area contributed by atoms with E-state index in [-0.39, 0.29) is 34.3 Å². The van der Waals surface area contributed by atoms with Gasteiger partial charge < -0.3 is 14.8 Å². The van der Waals surface area contributed by atoms with Crippen molar-refractivity contribution in [2.45, 2.75) is 33.6 Å². The van der Waals surface area contributed by atoms with Gasteiger partial charge in [0.05, 0.1) is 11.0 Å². The van der Waals surface area contributed by atoms with Crippen molar-refractivity contribution in [3.63, 3.8) is 0 Å². The molecule has 1 saturated carbocycles. The Morgan fingerprint density at radius 3 is 2.14 bits per heavy atom. The smallest absolute Gasteiger partial charge is 0.343 e. The average Bonchev–Trinajstić information content (AvgIpc) is 3.40. The van der Waals surface area contributed by atoms with E-state index in [0.29, 0.717) is 11.3 Å². The highest BCUT2D eigenvalue weighted by molar-refractivity contribution is 6.30. The molecule has 0 bridgehead atoms. The SMILES string of the molecule is CC(C)C(=O)Nc1ccc(C(=O)Oc2cc(Cl)cc(OC(=O)C3(C)CC3)c2)cc1. The van der Waals surface area contributed by atoms with Crippen LogP contribution in [0.15, 0.2) is 42.5 Å². The van der Waals surface area contributed by atoms with Crippen LogP contribution in [0.4, 0.5) is 5.69 Å². The molecule has 0 radical (unpaired) electrons. The van der Waals surface area contributed by atoms with Crippen molar-refractivity contribution in [3.8, 4) is 11.5 Å². The monoisotopic (exact) mass is 415 g/mol. The van der Waals surface area contributed by atoms with Crippen LogP contribution < -0.4 is 14.8 Å². The standard InChI is InChI=1S/C22H22ClNO5/c1-13(2)19(25)24-16-6-4-14(5-7-16)20(26)28-17-10-15(23)11-18(12-17)29-21(27)22(3)8-9-22/h4-7,10-13H,8-9H2,1-3H3,(H,24,25). The van der Waals surface area contributed by atoms with Crippen molar-refractivity contribution >= 4 is 35.1 Å². The Kier molecular flexibility index (Phi) is 5.94. The zero-order valence-electron chi connectivity index (χ0n) is 16.5. The van der Waals surface area contributed by atoms with Gasteiger partial charge in [0.1, 0.15) is 11.5 Å². The molecular weight excluding hydrogens is 394 g/mol. The largest absolute Gasteiger partial charge is 0.426 e. The molecule has 1 aliphatic rings. The van der Waals surface area contributed by atoms with E-state index in [0.717, 1.165) is 12.8 Å². The molecule has 29 heavy (non-hydrogen) atoms. The van der Waals surface area contributed by atoms with E-state index in [2.05, 4.69) is 5.32 Å². The summed E-state index contributed by atoms with van der Waals surface area (Å²) >= 11 is 6.06. The third-order valence-corrected chi connectivity index (χ3v) is 4.89. The first-order chi connectivity index (χ1) is 13.7. The normalized spacial score (nSPS) is 14.2. The summed E-state index contributed by atoms with van der Waals surface area (Å²) in [6.07, 6.45) is 1.59. The average molecular weight is 416 g/mol. The molecule has 0 atom stereocenters. The van der Waals surface area contributed by atoms with Gasteiger partial charge in [-0.25, -0.2) is 4.79 Å². The Labute approximate surface area is 174 Å². The number of rotatable bonds is 6. The van der Waals surface area contributed by atoms with Crippen molar-refractivity contribution in [1.29, 1.82) is 0 Å². The topological polar surface area (TPSA) is 81.7 Å². The molecular formula is C22H22ClNO5. The fraction of sp³-hybridized carbons (Fsp3) is 0.318. The first-order valence-electron chi connectivity index (χ1n) is 9.32. The van der Waals surface area contributed by atoms with Crippen LogP contribution in [0, 0.1) is 11.3 Å². The lowest BCUT2D eigenvalue weighted by atomic mass is 10.1. The molecule has 2 aromatic rings. The highest BCUT2D eigenvalue weighted by atomic mass is 35.5. The van der Waals surface area contributed by atoms with Gasteiger partial charge in [0.25, 0.3) is 0 Å². The summed E-state index contributed by atoms with van der Waals surface area (Å²) in [4.78, 5) is 36.2. The maximum Gasteiger partial charge on any atom is 0.343 e. The predicted molar refractivity (Wildman–Crippen MR) is 109 cm³/mol. The minimum atomic E-state index is -0.597. The molecule has 0 unspecified atom stereocenters. The molecule has 0 aliphatic heterocycles. The Morgan fingerprint density at radius 1 is 1.00 bits per heavy atom. The van der Waals surface area contributed by atoms with E-state index in [9.17, 15) is 14.4 Å². The number of hydrogen-bond donors (Lipinski definition) is 1. The number of nitrogens with one attached hydrogen (secondary N) is 1. The van der Waals surface area contributed by atoms with Crippen molar-refractivity contribution in [1.82, 2.24) is 0 Å². The summed E-state index contributed by atoms with van der Waals surface area (Å²) in [5.41, 5.74) is 0.452. The summed E-state index contributed by atoms with van der Waals surface area (Å²) in [7, 11) is 0. The lowest BCUT2D eigenvalue weighted by molar-refractivity contribution is -0.139. The van der Waals surface area contributed by atoms with Crippen LogP contribution in [-0.4, -0.2) is 17.8 Å². The second-order valence-corrected chi connectivity index (χ2v) is 8.12. The van der Waals surface area contributed by atoms with E-state index in [4.69, 9.17) is 21.1 Å². The minimum Gasteiger partial charge on any atom is -0.426 e. The van der Waals surface area contributed by atoms with Crippen molar-refractivity contribution in [3.05, 3.63) is 53.1 Å². The number of amides is 1. The second kappa shape index (κ2) is 8.25. The second-order valence-electron chi connectivity index (χ2n) is 7.68. The molecule has 1 aliphatic carbocycles. The van der Waals surface area contributed by atoms with Gasteiger partial charge >= 0.3 is 11.9 Å². The van der Waals surface area contributed by atoms with Crippen LogP contribution in [0.1, 0.15) is 44.0 Å². The van der Waals surface area contributed by atoms with Crippen molar-refractivity contribution in [2.75, 3.05) is 5.32 Å². The highest BCUT2D eigenvalue weighted by Gasteiger charge is 2.46. The maximum absolute atomic E-state index is 12.4. The van der Waals surface area contributed by atoms with Crippen LogP contribution in [0.3, 0.4) is 0 Å². The number of esters is 2. The Bertz CT molecular complexity index is 948. The third kappa shape index (κ3) is 5.35. The molecule has 6 nitrogen and oxygen atoms in total. The van der Waals surface area contributed by atoms with Gasteiger partial charge in [-0.1, -0.05) is 25.4 Å². The van der Waals surface area contributed by atoms with Crippen molar-refractivity contribution in [2.24, 2.45) is 11.3 Å². The fourth-order valence-electron chi connectivity index (χ4n) is 2.42. The van der Waals surface area contributed by atoms with Gasteiger partial charge in [0.15, 0.2) is 0 Å². The van der Waals surface area contributed by atoms with Gasteiger partial charge in [-0.05, 0) is 56.2 Å². The molecule has 1 amide bonds. The molecule has 0 heterocycles. The molecule has 0 aromatic heterocycles. The molecule has 1 N–H and O–H groups in total. The summed E-state index contributed by atoms with van der Waals surface area (Å²) in [5, 5.41) is 3.03. The summed E-state index contributed by atoms with van der Waals surface area (Å²) in [5.74, 6) is -0.778. The van der Waals surface area contributed by atoms with Crippen LogP contribution in [0.25, 0.3) is 0 Å². The van der Waals surface area contributed by atoms with Gasteiger partial charge in [-0.15, -0.1) is 0 Å². The van der Waals surface area contributed by atoms with E-state index in [1.807, 2.05) is 6.92 Å². The van der Waals surface area contributed by atoms with Gasteiger partial charge in [-0.3, -0.25) is 9.59 Å². The molecule has 1 fully saturated rings. The molecule has 0 spiro atoms. The first-order valence-corrected chi connectivity index (χ1v) is 9.70. The van der Waals surface area contributed by atoms with Gasteiger partial charge in [-0.2, -0.15) is 0 Å². The van der Waals surface area contributed by atoms with Crippen LogP contribution in [-0.2, 0) is 9.59 Å². The Balaban J connectivity index is 1.67. The molecule has 7 heteroatoms. The number of anilines is 1. The third-order valence-electron chi connectivity index (χ3n) is 4.67. The first kappa shape index (κ1) is 20.9. The maximum atomic E-state index is 12.4. The number of halogens is 1. The Hall–Kier alpha value is -2.86. The van der Waals surface area contributed by atoms with Gasteiger partial charge in [0.2, 0.25) is 5.91 Å². The zero-order valence-corrected chi connectivity index (χ0v) is 17.2. The number of carbonyl (C=O) groups is 3. The van der Waals surface area contributed by atoms with Crippen LogP contribution >= 0.6 is 11.6 Å². The van der Waals surface area contributed by atoms with E-state index >= 15 is 0 Å². The molecule has 3 rings (SSSR count). The highest BCUT2D eigenvalue weighted by Crippen LogP contribution is 2.46. The van der Waals surface area contributed by atoms with Crippen LogP contribution in [0.2, 0.25) is 5.02 Å². The van der Waals surface area contributed by atoms with E-state index in [1.165, 1.54) is 18.2 Å². The molecule has 0 saturated heterocycles. The lowest BCUT2D eigenvalue weighted by Crippen LogP contribution is -2.18. The fourth-order valence-corrected chi connectivity index (χ4v) is 2.63. The predicted octanol–water partition coefficient (Wildman–Crippen LogP) is 4.86. The summed E-state index contributed by atoms with van der Waals surface area (Å²) < 4.78 is 10.7. The zero-order chi connectivity index (χ0) is 21.2. The lowest BCUT2D eigenvalue weighted by Gasteiger charge is -2.11. The van der Waals surface area contributed by atoms with Gasteiger partial charge in [0, 0.05) is 22.7 Å². The van der Waals surface area contributed by atoms with E-state index in [1.54, 1.807) is 38.1 Å².